The molecule has 8 heteroatoms. The molecule has 3 rings (SSSR count). The second-order valence-electron chi connectivity index (χ2n) is 5.33. The van der Waals surface area contributed by atoms with E-state index in [0.29, 0.717) is 11.5 Å². The van der Waals surface area contributed by atoms with Crippen molar-refractivity contribution in [2.45, 2.75) is 13.5 Å². The molecule has 1 aromatic carbocycles. The molecule has 0 aliphatic heterocycles. The Hall–Kier alpha value is -2.09. The van der Waals surface area contributed by atoms with Crippen LogP contribution in [0.1, 0.15) is 5.56 Å². The van der Waals surface area contributed by atoms with E-state index in [9.17, 15) is 9.18 Å². The summed E-state index contributed by atoms with van der Waals surface area (Å²) in [6.45, 7) is 1.99. The van der Waals surface area contributed by atoms with Crippen LogP contribution in [0.3, 0.4) is 0 Å². The van der Waals surface area contributed by atoms with Gasteiger partial charge in [0.05, 0.1) is 23.7 Å². The zero-order valence-electron chi connectivity index (χ0n) is 13.5. The fourth-order valence-corrected chi connectivity index (χ4v) is 2.75. The molecule has 1 amide bonds. The summed E-state index contributed by atoms with van der Waals surface area (Å²) in [4.78, 5) is 15.9. The predicted octanol–water partition coefficient (Wildman–Crippen LogP) is 4.41. The normalized spacial score (nSPS) is 10.4. The van der Waals surface area contributed by atoms with Crippen molar-refractivity contribution in [2.24, 2.45) is 0 Å². The van der Waals surface area contributed by atoms with Gasteiger partial charge in [-0.25, -0.2) is 9.37 Å². The first-order chi connectivity index (χ1) is 11.5. The number of pyridine rings is 1. The molecule has 0 atom stereocenters. The molecule has 0 saturated carbocycles. The molecule has 1 N–H and O–H groups in total. The number of likely N-dealkylation sites (N-methyl/N-ethyl adjacent to an activating group) is 1. The van der Waals surface area contributed by atoms with Crippen molar-refractivity contribution in [1.29, 1.82) is 0 Å². The molecule has 5 nitrogen and oxygen atoms in total. The Labute approximate surface area is 159 Å². The van der Waals surface area contributed by atoms with Crippen LogP contribution in [0.5, 0.6) is 0 Å². The van der Waals surface area contributed by atoms with Crippen LogP contribution < -0.4 is 5.32 Å². The Kier molecular flexibility index (Phi) is 6.05. The molecule has 133 valence electrons. The number of anilines is 2. The number of carbonyl (C=O) groups excluding carboxylic acids is 1. The van der Waals surface area contributed by atoms with Crippen LogP contribution in [0.15, 0.2) is 36.7 Å². The van der Waals surface area contributed by atoms with Gasteiger partial charge < -0.3 is 20.0 Å². The number of benzene rings is 1. The van der Waals surface area contributed by atoms with Gasteiger partial charge in [-0.15, -0.1) is 7.05 Å². The maximum atomic E-state index is 13.7. The van der Waals surface area contributed by atoms with Crippen molar-refractivity contribution in [2.75, 3.05) is 12.4 Å². The number of amides is 1. The number of aromatic nitrogens is 2. The van der Waals surface area contributed by atoms with Crippen LogP contribution in [0.4, 0.5) is 15.9 Å². The molecule has 3 aromatic rings. The molecule has 0 aliphatic rings. The van der Waals surface area contributed by atoms with Crippen LogP contribution in [-0.4, -0.2) is 22.5 Å². The number of rotatable bonds is 4. The average Bonchev–Trinajstić information content (AvgIpc) is 2.99. The molecule has 25 heavy (non-hydrogen) atoms. The largest absolute Gasteiger partial charge is 0.654 e. The maximum Gasteiger partial charge on any atom is 0.143 e. The molecular formula is C17H15ClCoFN4O-. The van der Waals surface area contributed by atoms with E-state index >= 15 is 0 Å². The Morgan fingerprint density at radius 2 is 2.12 bits per heavy atom. The molecule has 0 fully saturated rings. The Bertz CT molecular complexity index is 928. The minimum Gasteiger partial charge on any atom is -0.654 e. The number of aryl methyl sites for hydroxylation is 1. The third-order valence-electron chi connectivity index (χ3n) is 3.80. The summed E-state index contributed by atoms with van der Waals surface area (Å²) in [5.74, 6) is -0.171. The van der Waals surface area contributed by atoms with Crippen LogP contribution in [0.2, 0.25) is 5.02 Å². The number of nitrogens with one attached hydrogen (secondary N) is 1. The zero-order valence-corrected chi connectivity index (χ0v) is 15.3. The molecule has 0 saturated heterocycles. The fraction of sp³-hybridized carbons (Fsp3) is 0.176. The van der Waals surface area contributed by atoms with Gasteiger partial charge in [0.1, 0.15) is 16.7 Å². The van der Waals surface area contributed by atoms with E-state index in [4.69, 9.17) is 11.6 Å². The monoisotopic (exact) mass is 404 g/mol. The molecule has 1 radical (unpaired) electrons. The van der Waals surface area contributed by atoms with E-state index in [0.717, 1.165) is 16.5 Å². The van der Waals surface area contributed by atoms with E-state index in [-0.39, 0.29) is 34.3 Å². The van der Waals surface area contributed by atoms with Crippen LogP contribution >= 0.6 is 11.6 Å². The van der Waals surface area contributed by atoms with E-state index in [1.54, 1.807) is 23.0 Å². The summed E-state index contributed by atoms with van der Waals surface area (Å²) in [5.41, 5.74) is 2.11. The zero-order chi connectivity index (χ0) is 17.3. The average molecular weight is 405 g/mol. The summed E-state index contributed by atoms with van der Waals surface area (Å²) < 4.78 is 15.5. The van der Waals surface area contributed by atoms with Crippen molar-refractivity contribution in [3.8, 4) is 0 Å². The molecule has 0 aliphatic carbocycles. The fourth-order valence-electron chi connectivity index (χ4n) is 2.50. The van der Waals surface area contributed by atoms with E-state index in [2.05, 4.69) is 15.6 Å². The predicted molar refractivity (Wildman–Crippen MR) is 93.5 cm³/mol. The quantitative estimate of drug-likeness (QED) is 0.700. The first-order valence-corrected chi connectivity index (χ1v) is 7.67. The van der Waals surface area contributed by atoms with Gasteiger partial charge in [0.2, 0.25) is 0 Å². The minimum absolute atomic E-state index is 0. The molecular weight excluding hydrogens is 390 g/mol. The third kappa shape index (κ3) is 3.78. The van der Waals surface area contributed by atoms with Gasteiger partial charge >= 0.3 is 0 Å². The summed E-state index contributed by atoms with van der Waals surface area (Å²) in [6.07, 6.45) is 3.41. The van der Waals surface area contributed by atoms with Crippen LogP contribution in [-0.2, 0) is 28.1 Å². The van der Waals surface area contributed by atoms with Crippen molar-refractivity contribution >= 4 is 39.9 Å². The Balaban J connectivity index is 0.00000225. The van der Waals surface area contributed by atoms with E-state index < -0.39 is 5.82 Å². The first-order valence-electron chi connectivity index (χ1n) is 7.29. The van der Waals surface area contributed by atoms with Crippen LogP contribution in [0, 0.1) is 12.7 Å². The second kappa shape index (κ2) is 7.86. The van der Waals surface area contributed by atoms with Gasteiger partial charge in [-0.1, -0.05) is 17.7 Å². The van der Waals surface area contributed by atoms with E-state index in [1.165, 1.54) is 13.1 Å². The summed E-state index contributed by atoms with van der Waals surface area (Å²) in [5, 5.41) is 7.57. The van der Waals surface area contributed by atoms with Gasteiger partial charge in [-0.3, -0.25) is 0 Å². The van der Waals surface area contributed by atoms with Crippen molar-refractivity contribution in [3.05, 3.63) is 58.4 Å². The minimum atomic E-state index is -0.496. The molecule has 0 unspecified atom stereocenters. The van der Waals surface area contributed by atoms with Gasteiger partial charge in [-0.05, 0) is 30.7 Å². The summed E-state index contributed by atoms with van der Waals surface area (Å²) in [6, 6.07) is 6.63. The third-order valence-corrected chi connectivity index (χ3v) is 4.17. The molecule has 0 bridgehead atoms. The first kappa shape index (κ1) is 19.2. The van der Waals surface area contributed by atoms with Crippen LogP contribution in [0.25, 0.3) is 16.2 Å². The smallest absolute Gasteiger partial charge is 0.143 e. The van der Waals surface area contributed by atoms with Crippen molar-refractivity contribution < 1.29 is 26.0 Å². The number of fused-ring (bicyclic) bond motifs is 1. The summed E-state index contributed by atoms with van der Waals surface area (Å²) in [7, 11) is 1.47. The SMILES string of the molecule is C[N-]C(=O)Cn1ccc2c(Nc3c(C)ccc(F)c3Cl)nccc21.[Co]. The number of carbonyl (C=O) groups is 1. The van der Waals surface area contributed by atoms with Gasteiger partial charge in [0, 0.05) is 34.6 Å². The molecule has 0 spiro atoms. The topological polar surface area (TPSA) is 61.0 Å². The Morgan fingerprint density at radius 3 is 2.84 bits per heavy atom. The molecule has 2 aromatic heterocycles. The standard InChI is InChI=1S/C17H16ClFN4O.Co/c1-10-3-4-12(19)15(18)16(10)22-17-11-6-8-23(9-14(24)20-2)13(11)5-7-21-17;/h3-8H,9H2,1-2H3,(H2,20,21,22,24);/p-1. The Morgan fingerprint density at radius 1 is 1.36 bits per heavy atom. The van der Waals surface area contributed by atoms with Crippen molar-refractivity contribution in [3.63, 3.8) is 0 Å². The van der Waals surface area contributed by atoms with Crippen molar-refractivity contribution in [1.82, 2.24) is 9.55 Å². The number of hydrogen-bond acceptors (Lipinski definition) is 3. The number of nitrogens with zero attached hydrogens (tertiary/aromatic N) is 3. The summed E-state index contributed by atoms with van der Waals surface area (Å²) >= 11 is 6.06. The van der Waals surface area contributed by atoms with Gasteiger partial charge in [0.15, 0.2) is 0 Å². The van der Waals surface area contributed by atoms with E-state index in [1.807, 2.05) is 19.1 Å². The molecule has 2 heterocycles. The van der Waals surface area contributed by atoms with Gasteiger partial charge in [-0.2, -0.15) is 0 Å². The second-order valence-corrected chi connectivity index (χ2v) is 5.71. The van der Waals surface area contributed by atoms with Gasteiger partial charge in [0.25, 0.3) is 0 Å². The number of hydrogen-bond donors (Lipinski definition) is 1. The number of halogens is 2. The maximum absolute atomic E-state index is 13.7.